The van der Waals surface area contributed by atoms with Crippen molar-refractivity contribution in [3.05, 3.63) is 99.1 Å². The number of methoxy groups -OCH3 is 3. The van der Waals surface area contributed by atoms with E-state index < -0.39 is 9.84 Å². The number of nitrogens with zero attached hydrogens (tertiary/aromatic N) is 2. The summed E-state index contributed by atoms with van der Waals surface area (Å²) in [4.78, 5) is 4.73. The maximum atomic E-state index is 12.7. The van der Waals surface area contributed by atoms with E-state index in [9.17, 15) is 8.42 Å². The topological polar surface area (TPSA) is 86.8 Å². The van der Waals surface area contributed by atoms with Crippen LogP contribution in [0.2, 0.25) is 0 Å². The number of aryl methyl sites for hydroxylation is 1. The van der Waals surface area contributed by atoms with Crippen molar-refractivity contribution in [3.8, 4) is 40.2 Å². The van der Waals surface area contributed by atoms with Crippen molar-refractivity contribution in [2.75, 3.05) is 54.8 Å². The van der Waals surface area contributed by atoms with Gasteiger partial charge in [-0.3, -0.25) is 9.80 Å². The molecule has 2 atom stereocenters. The third-order valence-corrected chi connectivity index (χ3v) is 11.4. The van der Waals surface area contributed by atoms with Crippen LogP contribution in [0.5, 0.6) is 40.2 Å². The molecular weight excluding hydrogens is 653 g/mol. The molecule has 0 N–H and O–H groups in total. The molecule has 4 heterocycles. The van der Waals surface area contributed by atoms with E-state index in [0.29, 0.717) is 46.5 Å². The van der Waals surface area contributed by atoms with Gasteiger partial charge in [-0.05, 0) is 122 Å². The SMILES string of the molecule is COc1cc(CS(C)(=O)=O)c2cc1Oc1ccc(cc1)C[C@H]1c3cc(c(C)cc3CCN1C)Oc1c(OC)c(OC)cc3c1[C@H](C2)N(C)CC3. The Morgan fingerprint density at radius 2 is 1.46 bits per heavy atom. The number of sulfone groups is 1. The van der Waals surface area contributed by atoms with Gasteiger partial charge in [-0.15, -0.1) is 0 Å². The Morgan fingerprint density at radius 3 is 2.14 bits per heavy atom. The zero-order valence-electron chi connectivity index (χ0n) is 30.0. The van der Waals surface area contributed by atoms with E-state index in [0.717, 1.165) is 60.4 Å². The highest BCUT2D eigenvalue weighted by Crippen LogP contribution is 2.51. The van der Waals surface area contributed by atoms with Crippen LogP contribution in [0.4, 0.5) is 0 Å². The Bertz CT molecular complexity index is 2040. The van der Waals surface area contributed by atoms with Gasteiger partial charge in [-0.2, -0.15) is 0 Å². The number of benzene rings is 4. The summed E-state index contributed by atoms with van der Waals surface area (Å²) in [6, 6.07) is 18.5. The zero-order chi connectivity index (χ0) is 35.3. The minimum atomic E-state index is -3.37. The second-order valence-corrected chi connectivity index (χ2v) is 16.1. The van der Waals surface area contributed by atoms with Crippen LogP contribution in [0.25, 0.3) is 0 Å². The predicted octanol–water partition coefficient (Wildman–Crippen LogP) is 7.01. The fourth-order valence-electron chi connectivity index (χ4n) is 7.84. The number of hydrogen-bond acceptors (Lipinski definition) is 9. The van der Waals surface area contributed by atoms with Crippen molar-refractivity contribution in [2.45, 2.75) is 50.4 Å². The maximum Gasteiger partial charge on any atom is 0.204 e. The fraction of sp³-hybridized carbons (Fsp3) is 0.400. The third kappa shape index (κ3) is 6.52. The van der Waals surface area contributed by atoms with E-state index in [1.807, 2.05) is 18.2 Å². The minimum Gasteiger partial charge on any atom is -0.493 e. The molecular formula is C40H46N2O7S. The highest BCUT2D eigenvalue weighted by Gasteiger charge is 2.35. The van der Waals surface area contributed by atoms with Crippen molar-refractivity contribution in [1.82, 2.24) is 9.80 Å². The summed E-state index contributed by atoms with van der Waals surface area (Å²) < 4.78 is 56.8. The average Bonchev–Trinajstić information content (AvgIpc) is 3.08. The largest absolute Gasteiger partial charge is 0.493 e. The number of fused-ring (bicyclic) bond motifs is 2. The van der Waals surface area contributed by atoms with Gasteiger partial charge in [-0.1, -0.05) is 18.2 Å². The molecule has 8 rings (SSSR count). The van der Waals surface area contributed by atoms with E-state index in [2.05, 4.69) is 61.2 Å². The molecule has 4 aromatic carbocycles. The van der Waals surface area contributed by atoms with Crippen molar-refractivity contribution < 1.29 is 32.1 Å². The Hall–Kier alpha value is -4.25. The Morgan fingerprint density at radius 1 is 0.760 bits per heavy atom. The average molecular weight is 699 g/mol. The Balaban J connectivity index is 1.49. The molecule has 10 heteroatoms. The molecule has 6 bridgehead atoms. The third-order valence-electron chi connectivity index (χ3n) is 10.5. The molecule has 0 spiro atoms. The molecule has 0 amide bonds. The van der Waals surface area contributed by atoms with E-state index in [4.69, 9.17) is 23.7 Å². The van der Waals surface area contributed by atoms with Gasteiger partial charge in [0.2, 0.25) is 5.75 Å². The van der Waals surface area contributed by atoms with Crippen LogP contribution in [-0.4, -0.2) is 73.0 Å². The van der Waals surface area contributed by atoms with Crippen molar-refractivity contribution in [3.63, 3.8) is 0 Å². The molecule has 0 aromatic heterocycles. The summed E-state index contributed by atoms with van der Waals surface area (Å²) in [5.74, 6) is 4.09. The summed E-state index contributed by atoms with van der Waals surface area (Å²) in [6.07, 6.45) is 4.34. The fourth-order valence-corrected chi connectivity index (χ4v) is 8.67. The number of hydrogen-bond donors (Lipinski definition) is 0. The number of likely N-dealkylation sites (N-methyl/N-ethyl adjacent to an activating group) is 2. The first-order chi connectivity index (χ1) is 24.0. The Kier molecular flexibility index (Phi) is 9.21. The lowest BCUT2D eigenvalue weighted by atomic mass is 9.86. The van der Waals surface area contributed by atoms with Gasteiger partial charge in [0.15, 0.2) is 32.8 Å². The number of rotatable bonds is 5. The summed E-state index contributed by atoms with van der Waals surface area (Å²) in [5, 5.41) is 0. The molecule has 0 unspecified atom stereocenters. The van der Waals surface area contributed by atoms with E-state index in [1.54, 1.807) is 27.4 Å². The van der Waals surface area contributed by atoms with Gasteiger partial charge in [-0.25, -0.2) is 8.42 Å². The summed E-state index contributed by atoms with van der Waals surface area (Å²) in [5.41, 5.74) is 8.48. The van der Waals surface area contributed by atoms with E-state index in [1.165, 1.54) is 22.9 Å². The van der Waals surface area contributed by atoms with E-state index in [-0.39, 0.29) is 17.8 Å². The number of ether oxygens (including phenoxy) is 5. The maximum absolute atomic E-state index is 12.7. The second kappa shape index (κ2) is 13.5. The second-order valence-electron chi connectivity index (χ2n) is 13.9. The first-order valence-corrected chi connectivity index (χ1v) is 19.2. The minimum absolute atomic E-state index is 0.129. The molecule has 0 saturated carbocycles. The zero-order valence-corrected chi connectivity index (χ0v) is 30.8. The highest BCUT2D eigenvalue weighted by molar-refractivity contribution is 7.89. The molecule has 264 valence electrons. The van der Waals surface area contributed by atoms with Crippen molar-refractivity contribution in [1.29, 1.82) is 0 Å². The monoisotopic (exact) mass is 698 g/mol. The van der Waals surface area contributed by atoms with Gasteiger partial charge in [0.1, 0.15) is 11.5 Å². The van der Waals surface area contributed by atoms with Gasteiger partial charge in [0, 0.05) is 37.0 Å². The molecule has 4 aromatic rings. The first-order valence-electron chi connectivity index (χ1n) is 17.1. The van der Waals surface area contributed by atoms with Crippen LogP contribution in [0.1, 0.15) is 56.6 Å². The molecule has 0 radical (unpaired) electrons. The lowest BCUT2D eigenvalue weighted by Gasteiger charge is -2.38. The normalized spacial score (nSPS) is 19.0. The van der Waals surface area contributed by atoms with Crippen LogP contribution in [-0.2, 0) is 41.3 Å². The quantitative estimate of drug-likeness (QED) is 0.219. The van der Waals surface area contributed by atoms with Crippen LogP contribution in [0.15, 0.2) is 54.6 Å². The van der Waals surface area contributed by atoms with Gasteiger partial charge in [0.05, 0.1) is 27.1 Å². The summed E-state index contributed by atoms with van der Waals surface area (Å²) in [7, 11) is 5.79. The van der Waals surface area contributed by atoms with Crippen LogP contribution < -0.4 is 23.7 Å². The summed E-state index contributed by atoms with van der Waals surface area (Å²) >= 11 is 0. The van der Waals surface area contributed by atoms with Crippen LogP contribution >= 0.6 is 0 Å². The molecule has 9 nitrogen and oxygen atoms in total. The van der Waals surface area contributed by atoms with Crippen LogP contribution in [0.3, 0.4) is 0 Å². The van der Waals surface area contributed by atoms with E-state index >= 15 is 0 Å². The molecule has 0 saturated heterocycles. The van der Waals surface area contributed by atoms with Gasteiger partial charge in [0.25, 0.3) is 0 Å². The molecule has 4 aliphatic heterocycles. The van der Waals surface area contributed by atoms with Gasteiger partial charge < -0.3 is 23.7 Å². The standard InChI is InChI=1S/C40H46N2O7S/c1-24-16-26-12-14-41(2)32-17-25-8-10-30(11-9-25)48-36-20-28(29(21-35(36)45-4)23-50(7,43)44)18-33-38-27(13-15-42(33)3)19-37(46-5)39(47-6)40(38)49-34(24)22-31(26)32/h8-11,16,19-22,32-33H,12-15,17-18,23H2,1-7H3/t32-,33-/m0/s1. The molecule has 50 heavy (non-hydrogen) atoms. The van der Waals surface area contributed by atoms with Crippen molar-refractivity contribution in [2.24, 2.45) is 0 Å². The molecule has 0 aliphatic carbocycles. The Labute approximate surface area is 295 Å². The first kappa shape index (κ1) is 34.2. The summed E-state index contributed by atoms with van der Waals surface area (Å²) in [6.45, 7) is 3.87. The molecule has 4 aliphatic rings. The lowest BCUT2D eigenvalue weighted by Crippen LogP contribution is -2.34. The lowest BCUT2D eigenvalue weighted by molar-refractivity contribution is 0.220. The smallest absolute Gasteiger partial charge is 0.204 e. The van der Waals surface area contributed by atoms with Crippen LogP contribution in [0, 0.1) is 6.92 Å². The highest BCUT2D eigenvalue weighted by atomic mass is 32.2. The molecule has 0 fully saturated rings. The van der Waals surface area contributed by atoms with Gasteiger partial charge >= 0.3 is 0 Å². The predicted molar refractivity (Wildman–Crippen MR) is 194 cm³/mol. The van der Waals surface area contributed by atoms with Crippen molar-refractivity contribution >= 4 is 9.84 Å².